The van der Waals surface area contributed by atoms with Gasteiger partial charge in [-0.15, -0.1) is 0 Å². The lowest BCUT2D eigenvalue weighted by atomic mass is 10.1. The number of hydrogen-bond donors (Lipinski definition) is 1. The molecule has 1 aliphatic heterocycles. The van der Waals surface area contributed by atoms with E-state index < -0.39 is 29.1 Å². The number of para-hydroxylation sites is 1. The minimum Gasteiger partial charge on any atom is -0.497 e. The first kappa shape index (κ1) is 31.1. The molecule has 1 aliphatic rings. The Morgan fingerprint density at radius 2 is 1.55 bits per heavy atom. The van der Waals surface area contributed by atoms with E-state index >= 15 is 4.39 Å². The van der Waals surface area contributed by atoms with Crippen molar-refractivity contribution >= 4 is 34.3 Å². The Hall–Kier alpha value is -6.56. The maximum absolute atomic E-state index is 15.3. The summed E-state index contributed by atoms with van der Waals surface area (Å²) in [7, 11) is 1.55. The van der Waals surface area contributed by atoms with Gasteiger partial charge in [-0.25, -0.2) is 9.07 Å². The standard InChI is InChI=1S/C37H28FN5O6/c1-22-33(34(44)40-23-12-15-32(29(38)20-23)49-31-16-17-39-30-21-25(48-2)13-14-28(30)31)37(47)43(24-8-4-3-5-9-24)42(22)19-18-41-35(45)26-10-6-7-11-27(26)36(41)46/h3-17,20-21H,18-19H2,1-2H3,(H,40,44). The molecule has 0 fully saturated rings. The average molecular weight is 658 g/mol. The number of carbonyl (C=O) groups excluding carboxylic acids is 3. The highest BCUT2D eigenvalue weighted by Gasteiger charge is 2.35. The number of methoxy groups -OCH3 is 1. The quantitative estimate of drug-likeness (QED) is 0.190. The largest absolute Gasteiger partial charge is 0.497 e. The number of ether oxygens (including phenoxy) is 2. The molecule has 12 heteroatoms. The van der Waals surface area contributed by atoms with Crippen molar-refractivity contribution in [2.45, 2.75) is 13.5 Å². The maximum Gasteiger partial charge on any atom is 0.284 e. The number of fused-ring (bicyclic) bond motifs is 2. The Labute approximate surface area is 278 Å². The smallest absolute Gasteiger partial charge is 0.284 e. The Bertz CT molecular complexity index is 2310. The third-order valence-electron chi connectivity index (χ3n) is 8.36. The van der Waals surface area contributed by atoms with E-state index in [4.69, 9.17) is 9.47 Å². The third kappa shape index (κ3) is 5.58. The molecular formula is C37H28FN5O6. The number of aromatic nitrogens is 3. The van der Waals surface area contributed by atoms with Crippen LogP contribution in [0.15, 0.2) is 108 Å². The van der Waals surface area contributed by atoms with Crippen LogP contribution in [0.25, 0.3) is 16.6 Å². The lowest BCUT2D eigenvalue weighted by Crippen LogP contribution is -2.34. The van der Waals surface area contributed by atoms with Gasteiger partial charge in [-0.3, -0.25) is 33.7 Å². The molecule has 244 valence electrons. The Balaban J connectivity index is 1.15. The molecule has 0 unspecified atom stereocenters. The Morgan fingerprint density at radius 3 is 2.24 bits per heavy atom. The number of nitrogens with one attached hydrogen (secondary N) is 1. The van der Waals surface area contributed by atoms with Crippen molar-refractivity contribution < 1.29 is 28.2 Å². The second kappa shape index (κ2) is 12.6. The molecule has 0 saturated carbocycles. The van der Waals surface area contributed by atoms with E-state index in [1.54, 1.807) is 104 Å². The molecular weight excluding hydrogens is 629 g/mol. The lowest BCUT2D eigenvalue weighted by Gasteiger charge is -2.18. The zero-order chi connectivity index (χ0) is 34.2. The molecule has 0 bridgehead atoms. The van der Waals surface area contributed by atoms with Gasteiger partial charge in [0.25, 0.3) is 23.3 Å². The molecule has 3 amide bonds. The molecule has 7 rings (SSSR count). The summed E-state index contributed by atoms with van der Waals surface area (Å²) in [5, 5.41) is 3.28. The molecule has 11 nitrogen and oxygen atoms in total. The molecule has 49 heavy (non-hydrogen) atoms. The van der Waals surface area contributed by atoms with Crippen molar-refractivity contribution in [3.8, 4) is 22.9 Å². The monoisotopic (exact) mass is 657 g/mol. The van der Waals surface area contributed by atoms with E-state index in [1.165, 1.54) is 16.8 Å². The van der Waals surface area contributed by atoms with Crippen LogP contribution in [0.2, 0.25) is 0 Å². The van der Waals surface area contributed by atoms with Gasteiger partial charge >= 0.3 is 0 Å². The average Bonchev–Trinajstić information content (AvgIpc) is 3.51. The molecule has 0 radical (unpaired) electrons. The third-order valence-corrected chi connectivity index (χ3v) is 8.36. The summed E-state index contributed by atoms with van der Waals surface area (Å²) in [6, 6.07) is 26.1. The molecule has 6 aromatic rings. The number of amides is 3. The van der Waals surface area contributed by atoms with Gasteiger partial charge in [-0.05, 0) is 61.5 Å². The zero-order valence-corrected chi connectivity index (χ0v) is 26.3. The van der Waals surface area contributed by atoms with Crippen LogP contribution in [0.4, 0.5) is 10.1 Å². The van der Waals surface area contributed by atoms with Gasteiger partial charge < -0.3 is 14.8 Å². The van der Waals surface area contributed by atoms with Crippen LogP contribution in [0.5, 0.6) is 17.2 Å². The second-order valence-corrected chi connectivity index (χ2v) is 11.2. The molecule has 0 atom stereocenters. The normalized spacial score (nSPS) is 12.3. The van der Waals surface area contributed by atoms with Gasteiger partial charge in [0.2, 0.25) is 0 Å². The highest BCUT2D eigenvalue weighted by molar-refractivity contribution is 6.21. The first-order valence-corrected chi connectivity index (χ1v) is 15.3. The van der Waals surface area contributed by atoms with Crippen molar-refractivity contribution in [3.63, 3.8) is 0 Å². The van der Waals surface area contributed by atoms with Crippen molar-refractivity contribution in [2.75, 3.05) is 19.0 Å². The van der Waals surface area contributed by atoms with Crippen LogP contribution in [-0.2, 0) is 6.54 Å². The SMILES string of the molecule is COc1ccc2c(Oc3ccc(NC(=O)c4c(C)n(CCN5C(=O)c6ccccc6C5=O)n(-c5ccccc5)c4=O)cc3F)ccnc2c1. The van der Waals surface area contributed by atoms with Crippen molar-refractivity contribution in [2.24, 2.45) is 0 Å². The van der Waals surface area contributed by atoms with Gasteiger partial charge in [0.15, 0.2) is 11.6 Å². The number of pyridine rings is 1. The van der Waals surface area contributed by atoms with Gasteiger partial charge in [-0.1, -0.05) is 30.3 Å². The zero-order valence-electron chi connectivity index (χ0n) is 26.3. The fraction of sp³-hybridized carbons (Fsp3) is 0.108. The van der Waals surface area contributed by atoms with Gasteiger partial charge in [0, 0.05) is 35.9 Å². The maximum atomic E-state index is 15.3. The molecule has 0 saturated heterocycles. The molecule has 1 N–H and O–H groups in total. The first-order valence-electron chi connectivity index (χ1n) is 15.3. The minimum absolute atomic E-state index is 0.0336. The van der Waals surface area contributed by atoms with E-state index in [9.17, 15) is 19.2 Å². The highest BCUT2D eigenvalue weighted by Crippen LogP contribution is 2.33. The minimum atomic E-state index is -0.756. The number of hydrogen-bond acceptors (Lipinski definition) is 7. The predicted molar refractivity (Wildman–Crippen MR) is 179 cm³/mol. The van der Waals surface area contributed by atoms with E-state index in [0.717, 1.165) is 11.0 Å². The number of imide groups is 1. The summed E-state index contributed by atoms with van der Waals surface area (Å²) in [6.45, 7) is 1.60. The number of nitrogens with zero attached hydrogens (tertiary/aromatic N) is 4. The Morgan fingerprint density at radius 1 is 0.837 bits per heavy atom. The fourth-order valence-electron chi connectivity index (χ4n) is 5.93. The van der Waals surface area contributed by atoms with Crippen LogP contribution in [0.1, 0.15) is 36.8 Å². The van der Waals surface area contributed by atoms with Gasteiger partial charge in [-0.2, -0.15) is 0 Å². The van der Waals surface area contributed by atoms with Crippen LogP contribution < -0.4 is 20.3 Å². The predicted octanol–water partition coefficient (Wildman–Crippen LogP) is 5.98. The molecule has 0 spiro atoms. The van der Waals surface area contributed by atoms with Crippen LogP contribution in [0, 0.1) is 12.7 Å². The molecule has 2 aromatic heterocycles. The highest BCUT2D eigenvalue weighted by atomic mass is 19.1. The van der Waals surface area contributed by atoms with E-state index in [2.05, 4.69) is 10.3 Å². The van der Waals surface area contributed by atoms with Crippen LogP contribution in [-0.4, -0.2) is 50.6 Å². The van der Waals surface area contributed by atoms with Gasteiger partial charge in [0.05, 0.1) is 41.7 Å². The second-order valence-electron chi connectivity index (χ2n) is 11.2. The van der Waals surface area contributed by atoms with E-state index in [-0.39, 0.29) is 30.1 Å². The summed E-state index contributed by atoms with van der Waals surface area (Å²) in [5.74, 6) is -1.44. The van der Waals surface area contributed by atoms with Crippen molar-refractivity contribution in [1.29, 1.82) is 0 Å². The summed E-state index contributed by atoms with van der Waals surface area (Å²) < 4.78 is 29.3. The topological polar surface area (TPSA) is 125 Å². The number of rotatable bonds is 9. The fourth-order valence-corrected chi connectivity index (χ4v) is 5.93. The van der Waals surface area contributed by atoms with E-state index in [1.807, 2.05) is 0 Å². The van der Waals surface area contributed by atoms with Gasteiger partial charge in [0.1, 0.15) is 17.1 Å². The number of benzene rings is 4. The summed E-state index contributed by atoms with van der Waals surface area (Å²) in [5.41, 5.74) is 1.31. The lowest BCUT2D eigenvalue weighted by molar-refractivity contribution is 0.0645. The Kier molecular flexibility index (Phi) is 7.97. The van der Waals surface area contributed by atoms with Crippen molar-refractivity contribution in [3.05, 3.63) is 142 Å². The summed E-state index contributed by atoms with van der Waals surface area (Å²) >= 11 is 0. The molecule has 3 heterocycles. The van der Waals surface area contributed by atoms with Crippen molar-refractivity contribution in [1.82, 2.24) is 19.2 Å². The van der Waals surface area contributed by atoms with E-state index in [0.29, 0.717) is 44.9 Å². The number of anilines is 1. The number of carbonyl (C=O) groups is 3. The molecule has 0 aliphatic carbocycles. The summed E-state index contributed by atoms with van der Waals surface area (Å²) in [6.07, 6.45) is 1.54. The number of halogens is 1. The summed E-state index contributed by atoms with van der Waals surface area (Å²) in [4.78, 5) is 58.9. The van der Waals surface area contributed by atoms with Crippen LogP contribution in [0.3, 0.4) is 0 Å². The molecule has 4 aromatic carbocycles. The first-order chi connectivity index (χ1) is 23.7. The van der Waals surface area contributed by atoms with Crippen LogP contribution >= 0.6 is 0 Å².